The van der Waals surface area contributed by atoms with E-state index in [9.17, 15) is 4.39 Å². The molecule has 25 heavy (non-hydrogen) atoms. The van der Waals surface area contributed by atoms with Crippen LogP contribution in [0.5, 0.6) is 0 Å². The fourth-order valence-corrected chi connectivity index (χ4v) is 2.47. The summed E-state index contributed by atoms with van der Waals surface area (Å²) in [5.74, 6) is 1.97. The van der Waals surface area contributed by atoms with Crippen LogP contribution in [0.3, 0.4) is 0 Å². The molecule has 3 rings (SSSR count). The minimum absolute atomic E-state index is 0.178. The van der Waals surface area contributed by atoms with Gasteiger partial charge in [0.1, 0.15) is 23.3 Å². The topological polar surface area (TPSA) is 62.7 Å². The molecule has 0 spiro atoms. The zero-order valence-electron chi connectivity index (χ0n) is 14.0. The third-order valence-corrected chi connectivity index (χ3v) is 3.72. The van der Waals surface area contributed by atoms with E-state index in [0.29, 0.717) is 30.9 Å². The summed E-state index contributed by atoms with van der Waals surface area (Å²) in [6.45, 7) is 3.11. The fourth-order valence-electron chi connectivity index (χ4n) is 2.47. The van der Waals surface area contributed by atoms with Gasteiger partial charge in [-0.15, -0.1) is 0 Å². The molecule has 0 aliphatic heterocycles. The molecular weight excluding hydrogens is 317 g/mol. The van der Waals surface area contributed by atoms with Crippen molar-refractivity contribution in [3.8, 4) is 0 Å². The van der Waals surface area contributed by atoms with Crippen LogP contribution in [0, 0.1) is 12.7 Å². The van der Waals surface area contributed by atoms with Crippen LogP contribution in [0.25, 0.3) is 0 Å². The average molecular weight is 337 g/mol. The van der Waals surface area contributed by atoms with Crippen LogP contribution in [0.4, 0.5) is 16.0 Å². The Morgan fingerprint density at radius 1 is 0.960 bits per heavy atom. The van der Waals surface area contributed by atoms with E-state index in [4.69, 9.17) is 0 Å². The highest BCUT2D eigenvalue weighted by Gasteiger charge is 2.04. The van der Waals surface area contributed by atoms with E-state index in [2.05, 4.69) is 25.6 Å². The van der Waals surface area contributed by atoms with Crippen LogP contribution in [0.2, 0.25) is 0 Å². The summed E-state index contributed by atoms with van der Waals surface area (Å²) >= 11 is 0. The zero-order valence-corrected chi connectivity index (χ0v) is 14.0. The van der Waals surface area contributed by atoms with Crippen molar-refractivity contribution < 1.29 is 4.39 Å². The number of benzene rings is 1. The van der Waals surface area contributed by atoms with Gasteiger partial charge in [0.05, 0.1) is 0 Å². The van der Waals surface area contributed by atoms with Gasteiger partial charge in [-0.05, 0) is 42.7 Å². The first-order valence-electron chi connectivity index (χ1n) is 8.16. The van der Waals surface area contributed by atoms with Gasteiger partial charge in [0.25, 0.3) is 0 Å². The molecule has 0 aliphatic rings. The van der Waals surface area contributed by atoms with Crippen molar-refractivity contribution in [3.05, 3.63) is 77.6 Å². The number of hydrogen-bond donors (Lipinski definition) is 2. The Balaban J connectivity index is 1.58. The van der Waals surface area contributed by atoms with Crippen molar-refractivity contribution in [2.24, 2.45) is 0 Å². The van der Waals surface area contributed by atoms with Crippen molar-refractivity contribution in [2.45, 2.75) is 19.9 Å². The highest BCUT2D eigenvalue weighted by molar-refractivity contribution is 5.48. The molecule has 128 valence electrons. The number of halogens is 1. The lowest BCUT2D eigenvalue weighted by Gasteiger charge is -2.10. The van der Waals surface area contributed by atoms with E-state index in [1.165, 1.54) is 6.07 Å². The first kappa shape index (κ1) is 16.8. The highest BCUT2D eigenvalue weighted by atomic mass is 19.1. The van der Waals surface area contributed by atoms with Gasteiger partial charge in [-0.25, -0.2) is 14.4 Å². The summed E-state index contributed by atoms with van der Waals surface area (Å²) in [7, 11) is 0. The number of nitrogens with zero attached hydrogens (tertiary/aromatic N) is 3. The second-order valence-corrected chi connectivity index (χ2v) is 5.66. The summed E-state index contributed by atoms with van der Waals surface area (Å²) in [6, 6.07) is 12.6. The molecule has 0 saturated heterocycles. The lowest BCUT2D eigenvalue weighted by atomic mass is 10.1. The second kappa shape index (κ2) is 8.19. The maximum atomic E-state index is 13.6. The van der Waals surface area contributed by atoms with E-state index in [1.807, 2.05) is 31.2 Å². The number of hydrogen-bond acceptors (Lipinski definition) is 5. The molecule has 0 amide bonds. The van der Waals surface area contributed by atoms with Crippen LogP contribution in [-0.4, -0.2) is 21.5 Å². The van der Waals surface area contributed by atoms with Crippen LogP contribution in [0.1, 0.15) is 17.0 Å². The van der Waals surface area contributed by atoms with Gasteiger partial charge >= 0.3 is 0 Å². The Morgan fingerprint density at radius 3 is 2.44 bits per heavy atom. The monoisotopic (exact) mass is 337 g/mol. The Hall–Kier alpha value is -3.02. The van der Waals surface area contributed by atoms with Crippen LogP contribution in [-0.2, 0) is 13.0 Å². The quantitative estimate of drug-likeness (QED) is 0.690. The Kier molecular flexibility index (Phi) is 5.51. The van der Waals surface area contributed by atoms with Crippen molar-refractivity contribution in [1.29, 1.82) is 0 Å². The maximum absolute atomic E-state index is 13.6. The second-order valence-electron chi connectivity index (χ2n) is 5.66. The van der Waals surface area contributed by atoms with Gasteiger partial charge in [0.15, 0.2) is 0 Å². The summed E-state index contributed by atoms with van der Waals surface area (Å²) in [5, 5.41) is 6.51. The lowest BCUT2D eigenvalue weighted by molar-refractivity contribution is 0.610. The normalized spacial score (nSPS) is 10.5. The number of pyridine rings is 1. The predicted molar refractivity (Wildman–Crippen MR) is 96.9 cm³/mol. The molecule has 2 aromatic heterocycles. The van der Waals surface area contributed by atoms with E-state index in [-0.39, 0.29) is 5.82 Å². The summed E-state index contributed by atoms with van der Waals surface area (Å²) in [5.41, 5.74) is 1.82. The van der Waals surface area contributed by atoms with E-state index >= 15 is 0 Å². The molecule has 6 heteroatoms. The SMILES string of the molecule is Cc1nc(NCCc2ccccc2F)cc(NCc2ccncc2)n1. The first-order valence-corrected chi connectivity index (χ1v) is 8.16. The minimum Gasteiger partial charge on any atom is -0.370 e. The molecule has 5 nitrogen and oxygen atoms in total. The molecule has 0 fully saturated rings. The zero-order chi connectivity index (χ0) is 17.5. The van der Waals surface area contributed by atoms with Crippen LogP contribution >= 0.6 is 0 Å². The highest BCUT2D eigenvalue weighted by Crippen LogP contribution is 2.13. The molecular formula is C19H20FN5. The van der Waals surface area contributed by atoms with Gasteiger partial charge in [-0.3, -0.25) is 4.98 Å². The van der Waals surface area contributed by atoms with Crippen LogP contribution < -0.4 is 10.6 Å². The third-order valence-electron chi connectivity index (χ3n) is 3.72. The van der Waals surface area contributed by atoms with Crippen LogP contribution in [0.15, 0.2) is 54.9 Å². The molecule has 0 unspecified atom stereocenters. The first-order chi connectivity index (χ1) is 12.2. The largest absolute Gasteiger partial charge is 0.370 e. The molecule has 2 N–H and O–H groups in total. The Morgan fingerprint density at radius 2 is 1.68 bits per heavy atom. The van der Waals surface area contributed by atoms with Gasteiger partial charge < -0.3 is 10.6 Å². The molecule has 1 aromatic carbocycles. The molecule has 0 radical (unpaired) electrons. The maximum Gasteiger partial charge on any atom is 0.132 e. The van der Waals surface area contributed by atoms with Crippen molar-refractivity contribution in [3.63, 3.8) is 0 Å². The van der Waals surface area contributed by atoms with E-state index < -0.39 is 0 Å². The third kappa shape index (κ3) is 4.97. The summed E-state index contributed by atoms with van der Waals surface area (Å²) < 4.78 is 13.6. The molecule has 2 heterocycles. The summed E-state index contributed by atoms with van der Waals surface area (Å²) in [4.78, 5) is 12.8. The van der Waals surface area contributed by atoms with E-state index in [1.54, 1.807) is 24.5 Å². The number of anilines is 2. The fraction of sp³-hybridized carbons (Fsp3) is 0.211. The average Bonchev–Trinajstić information content (AvgIpc) is 2.62. The van der Waals surface area contributed by atoms with Gasteiger partial charge in [0, 0.05) is 31.5 Å². The Labute approximate surface area is 146 Å². The molecule has 0 aliphatic carbocycles. The Bertz CT molecular complexity index is 823. The standard InChI is InChI=1S/C19H20FN5/c1-14-24-18(22-11-8-16-4-2-3-5-17(16)20)12-19(25-14)23-13-15-6-9-21-10-7-15/h2-7,9-10,12H,8,11,13H2,1H3,(H2,22,23,24,25). The molecule has 0 saturated carbocycles. The number of aryl methyl sites for hydroxylation is 1. The molecule has 0 atom stereocenters. The summed E-state index contributed by atoms with van der Waals surface area (Å²) in [6.07, 6.45) is 4.12. The van der Waals surface area contributed by atoms with Gasteiger partial charge in [0.2, 0.25) is 0 Å². The smallest absolute Gasteiger partial charge is 0.132 e. The minimum atomic E-state index is -0.178. The molecule has 0 bridgehead atoms. The van der Waals surface area contributed by atoms with Crippen molar-refractivity contribution in [2.75, 3.05) is 17.2 Å². The predicted octanol–water partition coefficient (Wildman–Crippen LogP) is 3.59. The lowest BCUT2D eigenvalue weighted by Crippen LogP contribution is -2.10. The van der Waals surface area contributed by atoms with Gasteiger partial charge in [-0.2, -0.15) is 0 Å². The molecule has 3 aromatic rings. The number of rotatable bonds is 7. The number of nitrogens with one attached hydrogen (secondary N) is 2. The van der Waals surface area contributed by atoms with E-state index in [0.717, 1.165) is 17.2 Å². The number of aromatic nitrogens is 3. The van der Waals surface area contributed by atoms with Gasteiger partial charge in [-0.1, -0.05) is 18.2 Å². The van der Waals surface area contributed by atoms with Crippen molar-refractivity contribution >= 4 is 11.6 Å². The van der Waals surface area contributed by atoms with Crippen molar-refractivity contribution in [1.82, 2.24) is 15.0 Å².